The van der Waals surface area contributed by atoms with Gasteiger partial charge in [-0.25, -0.2) is 15.0 Å². The normalized spacial score (nSPS) is 11.7. The highest BCUT2D eigenvalue weighted by molar-refractivity contribution is 6.17. The van der Waals surface area contributed by atoms with E-state index in [4.69, 9.17) is 23.8 Å². The number of hydrogen-bond acceptors (Lipinski definition) is 5. The molecule has 5 nitrogen and oxygen atoms in total. The number of rotatable bonds is 5. The van der Waals surface area contributed by atoms with Crippen molar-refractivity contribution >= 4 is 54.6 Å². The quantitative estimate of drug-likeness (QED) is 0.180. The average Bonchev–Trinajstić information content (AvgIpc) is 3.82. The fraction of sp³-hybridized carbons (Fsp3) is 0. The fourth-order valence-corrected chi connectivity index (χ4v) is 7.88. The molecule has 0 aliphatic rings. The van der Waals surface area contributed by atoms with Crippen LogP contribution >= 0.6 is 0 Å². The van der Waals surface area contributed by atoms with Crippen molar-refractivity contribution in [2.75, 3.05) is 0 Å². The number of nitrogens with zero attached hydrogens (tertiary/aromatic N) is 3. The van der Waals surface area contributed by atoms with Crippen LogP contribution in [0, 0.1) is 0 Å². The lowest BCUT2D eigenvalue weighted by Gasteiger charge is -2.14. The zero-order chi connectivity index (χ0) is 35.6. The summed E-state index contributed by atoms with van der Waals surface area (Å²) in [5.74, 6) is 1.80. The number of para-hydroxylation sites is 1. The van der Waals surface area contributed by atoms with Crippen LogP contribution in [-0.2, 0) is 0 Å². The number of aromatic nitrogens is 3. The summed E-state index contributed by atoms with van der Waals surface area (Å²) in [5.41, 5.74) is 10.6. The highest BCUT2D eigenvalue weighted by atomic mass is 16.3. The monoisotopic (exact) mass is 691 g/mol. The Balaban J connectivity index is 1.13. The van der Waals surface area contributed by atoms with E-state index in [2.05, 4.69) is 109 Å². The summed E-state index contributed by atoms with van der Waals surface area (Å²) in [7, 11) is 0. The molecule has 11 rings (SSSR count). The molecule has 0 amide bonds. The van der Waals surface area contributed by atoms with Crippen LogP contribution in [0.2, 0.25) is 0 Å². The van der Waals surface area contributed by atoms with E-state index in [-0.39, 0.29) is 0 Å². The predicted molar refractivity (Wildman–Crippen MR) is 219 cm³/mol. The molecule has 0 aliphatic heterocycles. The minimum Gasteiger partial charge on any atom is -0.456 e. The summed E-state index contributed by atoms with van der Waals surface area (Å²) in [6.07, 6.45) is 0. The number of furan rings is 2. The molecule has 5 heteroatoms. The van der Waals surface area contributed by atoms with Crippen molar-refractivity contribution in [1.29, 1.82) is 0 Å². The number of fused-ring (bicyclic) bond motifs is 7. The molecule has 0 saturated heterocycles. The van der Waals surface area contributed by atoms with Gasteiger partial charge in [0.2, 0.25) is 0 Å². The van der Waals surface area contributed by atoms with Crippen molar-refractivity contribution in [1.82, 2.24) is 15.0 Å². The second-order valence-corrected chi connectivity index (χ2v) is 13.5. The summed E-state index contributed by atoms with van der Waals surface area (Å²) in [6, 6.07) is 60.4. The number of benzene rings is 8. The lowest BCUT2D eigenvalue weighted by atomic mass is 9.92. The van der Waals surface area contributed by atoms with Gasteiger partial charge in [0.05, 0.1) is 0 Å². The maximum atomic E-state index is 6.44. The third-order valence-electron chi connectivity index (χ3n) is 10.4. The van der Waals surface area contributed by atoms with Gasteiger partial charge in [-0.3, -0.25) is 0 Å². The van der Waals surface area contributed by atoms with Crippen molar-refractivity contribution in [3.05, 3.63) is 176 Å². The molecule has 0 saturated carbocycles. The highest BCUT2D eigenvalue weighted by Crippen LogP contribution is 2.43. The molecule has 0 spiro atoms. The Bertz CT molecular complexity index is 3220. The van der Waals surface area contributed by atoms with Gasteiger partial charge < -0.3 is 8.83 Å². The Hall–Kier alpha value is -7.37. The van der Waals surface area contributed by atoms with Gasteiger partial charge in [-0.15, -0.1) is 0 Å². The van der Waals surface area contributed by atoms with E-state index in [0.717, 1.165) is 88.0 Å². The van der Waals surface area contributed by atoms with Crippen LogP contribution in [0.15, 0.2) is 185 Å². The standard InChI is InChI=1S/C49H29N3O2/c1-3-13-30(14-4-1)32-25-28-42-40(29-32)45-36(20-11-23-43(45)54-42)35-26-27-37(34-18-8-7-17-33(34)35)48-50-47(31-15-5-2-6-16-31)51-49(52-48)39-21-12-24-44-46(39)38-19-9-10-22-41(38)53-44/h1-29H. The van der Waals surface area contributed by atoms with Crippen LogP contribution in [0.3, 0.4) is 0 Å². The molecule has 0 aliphatic carbocycles. The molecule has 0 fully saturated rings. The molecular formula is C49H29N3O2. The van der Waals surface area contributed by atoms with Gasteiger partial charge in [0.25, 0.3) is 0 Å². The van der Waals surface area contributed by atoms with Gasteiger partial charge in [-0.05, 0) is 69.4 Å². The Morgan fingerprint density at radius 3 is 1.54 bits per heavy atom. The van der Waals surface area contributed by atoms with Crippen molar-refractivity contribution in [2.24, 2.45) is 0 Å². The van der Waals surface area contributed by atoms with Crippen molar-refractivity contribution in [2.45, 2.75) is 0 Å². The van der Waals surface area contributed by atoms with E-state index < -0.39 is 0 Å². The molecule has 0 unspecified atom stereocenters. The largest absolute Gasteiger partial charge is 0.456 e. The maximum absolute atomic E-state index is 6.44. The van der Waals surface area contributed by atoms with Crippen molar-refractivity contribution in [3.63, 3.8) is 0 Å². The first-order valence-electron chi connectivity index (χ1n) is 18.0. The zero-order valence-electron chi connectivity index (χ0n) is 28.9. The zero-order valence-corrected chi connectivity index (χ0v) is 28.9. The molecule has 3 aromatic heterocycles. The Morgan fingerprint density at radius 2 is 0.796 bits per heavy atom. The second kappa shape index (κ2) is 12.1. The molecule has 252 valence electrons. The first-order valence-corrected chi connectivity index (χ1v) is 18.0. The lowest BCUT2D eigenvalue weighted by molar-refractivity contribution is 0.668. The Morgan fingerprint density at radius 1 is 0.278 bits per heavy atom. The van der Waals surface area contributed by atoms with Gasteiger partial charge in [-0.2, -0.15) is 0 Å². The topological polar surface area (TPSA) is 65.0 Å². The molecule has 11 aromatic rings. The molecule has 3 heterocycles. The van der Waals surface area contributed by atoms with Crippen LogP contribution in [0.1, 0.15) is 0 Å². The summed E-state index contributed by atoms with van der Waals surface area (Å²) >= 11 is 0. The fourth-order valence-electron chi connectivity index (χ4n) is 7.88. The molecule has 0 radical (unpaired) electrons. The average molecular weight is 692 g/mol. The first-order chi connectivity index (χ1) is 26.8. The van der Waals surface area contributed by atoms with Crippen molar-refractivity contribution < 1.29 is 8.83 Å². The third kappa shape index (κ3) is 4.83. The first kappa shape index (κ1) is 30.3. The maximum Gasteiger partial charge on any atom is 0.164 e. The van der Waals surface area contributed by atoms with E-state index in [1.807, 2.05) is 66.7 Å². The van der Waals surface area contributed by atoms with Crippen LogP contribution in [0.5, 0.6) is 0 Å². The summed E-state index contributed by atoms with van der Waals surface area (Å²) in [5, 5.41) is 6.34. The van der Waals surface area contributed by atoms with Crippen LogP contribution in [0.25, 0.3) is 111 Å². The SMILES string of the molecule is c1ccc(-c2ccc3oc4cccc(-c5ccc(-c6nc(-c7ccccc7)nc(-c7cccc8oc9ccccc9c78)n6)c6ccccc56)c4c3c2)cc1. The molecular weight excluding hydrogens is 663 g/mol. The minimum atomic E-state index is 0.591. The summed E-state index contributed by atoms with van der Waals surface area (Å²) in [6.45, 7) is 0. The summed E-state index contributed by atoms with van der Waals surface area (Å²) in [4.78, 5) is 15.5. The molecule has 0 bridgehead atoms. The summed E-state index contributed by atoms with van der Waals surface area (Å²) < 4.78 is 12.7. The van der Waals surface area contributed by atoms with Crippen LogP contribution in [-0.4, -0.2) is 15.0 Å². The van der Waals surface area contributed by atoms with Gasteiger partial charge in [0.15, 0.2) is 17.5 Å². The smallest absolute Gasteiger partial charge is 0.164 e. The van der Waals surface area contributed by atoms with E-state index in [1.54, 1.807) is 0 Å². The van der Waals surface area contributed by atoms with Gasteiger partial charge in [0.1, 0.15) is 22.3 Å². The predicted octanol–water partition coefficient (Wildman–Crippen LogP) is 13.2. The number of hydrogen-bond donors (Lipinski definition) is 0. The highest BCUT2D eigenvalue weighted by Gasteiger charge is 2.21. The molecule has 0 N–H and O–H groups in total. The van der Waals surface area contributed by atoms with Crippen molar-refractivity contribution in [3.8, 4) is 56.4 Å². The van der Waals surface area contributed by atoms with Gasteiger partial charge in [-0.1, -0.05) is 140 Å². The minimum absolute atomic E-state index is 0.591. The molecule has 54 heavy (non-hydrogen) atoms. The van der Waals surface area contributed by atoms with Crippen LogP contribution < -0.4 is 0 Å². The second-order valence-electron chi connectivity index (χ2n) is 13.5. The van der Waals surface area contributed by atoms with E-state index in [9.17, 15) is 0 Å². The molecule has 8 aromatic carbocycles. The lowest BCUT2D eigenvalue weighted by Crippen LogP contribution is -2.01. The Labute approximate surface area is 309 Å². The van der Waals surface area contributed by atoms with Crippen LogP contribution in [0.4, 0.5) is 0 Å². The van der Waals surface area contributed by atoms with E-state index >= 15 is 0 Å². The molecule has 0 atom stereocenters. The van der Waals surface area contributed by atoms with E-state index in [0.29, 0.717) is 17.5 Å². The Kier molecular flexibility index (Phi) is 6.79. The van der Waals surface area contributed by atoms with Gasteiger partial charge >= 0.3 is 0 Å². The van der Waals surface area contributed by atoms with E-state index in [1.165, 1.54) is 5.56 Å². The third-order valence-corrected chi connectivity index (χ3v) is 10.4. The van der Waals surface area contributed by atoms with Gasteiger partial charge in [0, 0.05) is 38.2 Å².